The standard InChI is InChI=1S/C20H22N4O2/c1-4-24(12-18(25)23-15-9-5-6-11-17(15)26-3)20-19-14(2)8-7-10-16(19)21-13-22-20/h5-11,13H,4,12H2,1-3H3,(H,23,25). The molecule has 0 spiro atoms. The van der Waals surface area contributed by atoms with E-state index in [1.807, 2.05) is 61.2 Å². The second kappa shape index (κ2) is 7.82. The van der Waals surface area contributed by atoms with Crippen LogP contribution in [0.25, 0.3) is 10.9 Å². The van der Waals surface area contributed by atoms with Gasteiger partial charge in [-0.3, -0.25) is 4.79 Å². The van der Waals surface area contributed by atoms with Gasteiger partial charge in [-0.25, -0.2) is 9.97 Å². The first-order chi connectivity index (χ1) is 12.6. The molecule has 1 amide bonds. The van der Waals surface area contributed by atoms with E-state index >= 15 is 0 Å². The summed E-state index contributed by atoms with van der Waals surface area (Å²) in [6.07, 6.45) is 1.54. The van der Waals surface area contributed by atoms with Crippen molar-refractivity contribution in [1.29, 1.82) is 0 Å². The van der Waals surface area contributed by atoms with Gasteiger partial charge in [0.1, 0.15) is 17.9 Å². The smallest absolute Gasteiger partial charge is 0.244 e. The van der Waals surface area contributed by atoms with Crippen molar-refractivity contribution in [3.63, 3.8) is 0 Å². The summed E-state index contributed by atoms with van der Waals surface area (Å²) < 4.78 is 5.29. The molecule has 1 heterocycles. The molecule has 6 nitrogen and oxygen atoms in total. The molecule has 0 saturated heterocycles. The normalized spacial score (nSPS) is 10.6. The van der Waals surface area contributed by atoms with E-state index in [0.717, 1.165) is 22.3 Å². The number of rotatable bonds is 6. The molecule has 3 rings (SSSR count). The number of carbonyl (C=O) groups excluding carboxylic acids is 1. The number of amides is 1. The molecule has 1 N–H and O–H groups in total. The Bertz CT molecular complexity index is 921. The van der Waals surface area contributed by atoms with Crippen LogP contribution in [0.1, 0.15) is 12.5 Å². The number of nitrogens with one attached hydrogen (secondary N) is 1. The molecule has 0 fully saturated rings. The van der Waals surface area contributed by atoms with Crippen LogP contribution in [0.5, 0.6) is 5.75 Å². The fourth-order valence-electron chi connectivity index (χ4n) is 2.95. The average Bonchev–Trinajstić information content (AvgIpc) is 2.66. The van der Waals surface area contributed by atoms with Crippen LogP contribution in [0.15, 0.2) is 48.8 Å². The Morgan fingerprint density at radius 1 is 1.15 bits per heavy atom. The molecule has 0 atom stereocenters. The van der Waals surface area contributed by atoms with Crippen LogP contribution in [0.4, 0.5) is 11.5 Å². The van der Waals surface area contributed by atoms with Gasteiger partial charge in [0.2, 0.25) is 5.91 Å². The van der Waals surface area contributed by atoms with Crippen molar-refractivity contribution in [3.05, 3.63) is 54.4 Å². The number of fused-ring (bicyclic) bond motifs is 1. The van der Waals surface area contributed by atoms with Crippen LogP contribution < -0.4 is 15.0 Å². The van der Waals surface area contributed by atoms with Crippen LogP contribution in [-0.2, 0) is 4.79 Å². The first-order valence-electron chi connectivity index (χ1n) is 8.52. The van der Waals surface area contributed by atoms with Crippen LogP contribution in [0.3, 0.4) is 0 Å². The summed E-state index contributed by atoms with van der Waals surface area (Å²) in [5.41, 5.74) is 2.61. The van der Waals surface area contributed by atoms with Crippen molar-refractivity contribution >= 4 is 28.3 Å². The summed E-state index contributed by atoms with van der Waals surface area (Å²) in [7, 11) is 1.58. The Balaban J connectivity index is 1.85. The highest BCUT2D eigenvalue weighted by Gasteiger charge is 2.16. The predicted octanol–water partition coefficient (Wildman–Crippen LogP) is 3.41. The van der Waals surface area contributed by atoms with Crippen LogP contribution in [0, 0.1) is 6.92 Å². The van der Waals surface area contributed by atoms with E-state index in [1.165, 1.54) is 6.33 Å². The molecule has 0 bridgehead atoms. The summed E-state index contributed by atoms with van der Waals surface area (Å²) in [5.74, 6) is 1.27. The average molecular weight is 350 g/mol. The molecule has 0 aliphatic heterocycles. The fraction of sp³-hybridized carbons (Fsp3) is 0.250. The minimum atomic E-state index is -0.128. The molecule has 0 radical (unpaired) electrons. The van der Waals surface area contributed by atoms with Crippen molar-refractivity contribution in [2.24, 2.45) is 0 Å². The molecule has 0 unspecified atom stereocenters. The van der Waals surface area contributed by atoms with E-state index < -0.39 is 0 Å². The first kappa shape index (κ1) is 17.7. The predicted molar refractivity (Wildman–Crippen MR) is 104 cm³/mol. The number of hydrogen-bond acceptors (Lipinski definition) is 5. The van der Waals surface area contributed by atoms with Crippen molar-refractivity contribution in [3.8, 4) is 5.75 Å². The van der Waals surface area contributed by atoms with E-state index in [0.29, 0.717) is 18.0 Å². The summed E-state index contributed by atoms with van der Waals surface area (Å²) in [6, 6.07) is 13.3. The number of para-hydroxylation sites is 2. The molecule has 0 aliphatic carbocycles. The van der Waals surface area contributed by atoms with Gasteiger partial charge in [-0.1, -0.05) is 24.3 Å². The van der Waals surface area contributed by atoms with E-state index in [4.69, 9.17) is 4.74 Å². The van der Waals surface area contributed by atoms with Crippen molar-refractivity contribution in [2.75, 3.05) is 30.4 Å². The number of aryl methyl sites for hydroxylation is 1. The highest BCUT2D eigenvalue weighted by atomic mass is 16.5. The molecule has 1 aromatic heterocycles. The van der Waals surface area contributed by atoms with E-state index in [2.05, 4.69) is 15.3 Å². The number of anilines is 2. The van der Waals surface area contributed by atoms with Gasteiger partial charge in [-0.05, 0) is 37.6 Å². The quantitative estimate of drug-likeness (QED) is 0.738. The number of nitrogens with zero attached hydrogens (tertiary/aromatic N) is 3. The second-order valence-corrected chi connectivity index (χ2v) is 5.93. The third-order valence-corrected chi connectivity index (χ3v) is 4.25. The van der Waals surface area contributed by atoms with Crippen LogP contribution in [0.2, 0.25) is 0 Å². The molecule has 0 saturated carbocycles. The fourth-order valence-corrected chi connectivity index (χ4v) is 2.95. The molecule has 2 aromatic carbocycles. The van der Waals surface area contributed by atoms with Crippen molar-refractivity contribution in [1.82, 2.24) is 9.97 Å². The van der Waals surface area contributed by atoms with Crippen molar-refractivity contribution in [2.45, 2.75) is 13.8 Å². The number of benzene rings is 2. The third kappa shape index (κ3) is 3.59. The van der Waals surface area contributed by atoms with Gasteiger partial charge in [0.15, 0.2) is 0 Å². The van der Waals surface area contributed by atoms with Gasteiger partial charge in [0.05, 0.1) is 24.9 Å². The van der Waals surface area contributed by atoms with Crippen LogP contribution in [-0.4, -0.2) is 36.1 Å². The third-order valence-electron chi connectivity index (χ3n) is 4.25. The number of ether oxygens (including phenoxy) is 1. The number of likely N-dealkylation sites (N-methyl/N-ethyl adjacent to an activating group) is 1. The molecule has 0 aliphatic rings. The summed E-state index contributed by atoms with van der Waals surface area (Å²) in [5, 5.41) is 3.88. The first-order valence-corrected chi connectivity index (χ1v) is 8.52. The van der Waals surface area contributed by atoms with Gasteiger partial charge in [-0.2, -0.15) is 0 Å². The summed E-state index contributed by atoms with van der Waals surface area (Å²) in [6.45, 7) is 4.87. The number of hydrogen-bond donors (Lipinski definition) is 1. The maximum absolute atomic E-state index is 12.6. The lowest BCUT2D eigenvalue weighted by molar-refractivity contribution is -0.115. The Hall–Kier alpha value is -3.15. The lowest BCUT2D eigenvalue weighted by Gasteiger charge is -2.23. The Morgan fingerprint density at radius 2 is 1.96 bits per heavy atom. The molecule has 26 heavy (non-hydrogen) atoms. The van der Waals surface area contributed by atoms with E-state index in [9.17, 15) is 4.79 Å². The van der Waals surface area contributed by atoms with Crippen LogP contribution >= 0.6 is 0 Å². The summed E-state index contributed by atoms with van der Waals surface area (Å²) in [4.78, 5) is 23.3. The molecular formula is C20H22N4O2. The van der Waals surface area contributed by atoms with Gasteiger partial charge in [0.25, 0.3) is 0 Å². The van der Waals surface area contributed by atoms with Gasteiger partial charge in [-0.15, -0.1) is 0 Å². The Morgan fingerprint density at radius 3 is 2.73 bits per heavy atom. The lowest BCUT2D eigenvalue weighted by Crippen LogP contribution is -2.34. The van der Waals surface area contributed by atoms with Gasteiger partial charge in [0, 0.05) is 11.9 Å². The second-order valence-electron chi connectivity index (χ2n) is 5.93. The lowest BCUT2D eigenvalue weighted by atomic mass is 10.1. The topological polar surface area (TPSA) is 67.4 Å². The Labute approximate surface area is 152 Å². The van der Waals surface area contributed by atoms with Crippen molar-refractivity contribution < 1.29 is 9.53 Å². The summed E-state index contributed by atoms with van der Waals surface area (Å²) >= 11 is 0. The highest BCUT2D eigenvalue weighted by molar-refractivity contribution is 5.98. The van der Waals surface area contributed by atoms with E-state index in [1.54, 1.807) is 7.11 Å². The monoisotopic (exact) mass is 350 g/mol. The molecule has 3 aromatic rings. The minimum Gasteiger partial charge on any atom is -0.495 e. The van der Waals surface area contributed by atoms with Gasteiger partial charge < -0.3 is 15.0 Å². The number of aromatic nitrogens is 2. The largest absolute Gasteiger partial charge is 0.495 e. The molecule has 6 heteroatoms. The highest BCUT2D eigenvalue weighted by Crippen LogP contribution is 2.26. The van der Waals surface area contributed by atoms with Gasteiger partial charge >= 0.3 is 0 Å². The number of methoxy groups -OCH3 is 1. The Kier molecular flexibility index (Phi) is 5.31. The van der Waals surface area contributed by atoms with E-state index in [-0.39, 0.29) is 12.5 Å². The zero-order valence-corrected chi connectivity index (χ0v) is 15.2. The zero-order valence-electron chi connectivity index (χ0n) is 15.2. The zero-order chi connectivity index (χ0) is 18.5. The molecular weight excluding hydrogens is 328 g/mol. The molecule has 134 valence electrons. The maximum atomic E-state index is 12.6. The maximum Gasteiger partial charge on any atom is 0.244 e. The number of carbonyl (C=O) groups is 1. The minimum absolute atomic E-state index is 0.128. The SMILES string of the molecule is CCN(CC(=O)Nc1ccccc1OC)c1ncnc2cccc(C)c12.